The Kier molecular flexibility index (Phi) is 2.56. The molecule has 0 bridgehead atoms. The highest BCUT2D eigenvalue weighted by Gasteiger charge is 2.38. The fourth-order valence-electron chi connectivity index (χ4n) is 2.10. The second-order valence-electron chi connectivity index (χ2n) is 5.48. The first kappa shape index (κ1) is 11.2. The van der Waals surface area contributed by atoms with Gasteiger partial charge in [0.2, 0.25) is 0 Å². The van der Waals surface area contributed by atoms with E-state index in [0.717, 1.165) is 11.5 Å². The highest BCUT2D eigenvalue weighted by Crippen LogP contribution is 2.48. The minimum atomic E-state index is -0.789. The number of aliphatic carboxylic acids is 1. The summed E-state index contributed by atoms with van der Waals surface area (Å²) in [5.41, 5.74) is -0.428. The van der Waals surface area contributed by atoms with E-state index in [-0.39, 0.29) is 6.42 Å². The molecule has 1 aromatic rings. The third-order valence-electron chi connectivity index (χ3n) is 3.36. The summed E-state index contributed by atoms with van der Waals surface area (Å²) in [5, 5.41) is 8.84. The first-order valence-corrected chi connectivity index (χ1v) is 5.72. The van der Waals surface area contributed by atoms with Gasteiger partial charge in [-0.2, -0.15) is 0 Å². The molecule has 1 aromatic heterocycles. The number of hydrogen-bond donors (Lipinski definition) is 1. The third-order valence-corrected chi connectivity index (χ3v) is 3.36. The molecule has 0 saturated heterocycles. The molecule has 1 fully saturated rings. The average molecular weight is 222 g/mol. The minimum absolute atomic E-state index is 0.0974. The minimum Gasteiger partial charge on any atom is -0.481 e. The zero-order chi connectivity index (χ0) is 11.9. The van der Waals surface area contributed by atoms with Crippen LogP contribution >= 0.6 is 0 Å². The van der Waals surface area contributed by atoms with Crippen LogP contribution < -0.4 is 0 Å². The Bertz CT molecular complexity index is 403. The summed E-state index contributed by atoms with van der Waals surface area (Å²) in [6.45, 7) is 6.01. The van der Waals surface area contributed by atoms with Gasteiger partial charge >= 0.3 is 5.97 Å². The van der Waals surface area contributed by atoms with Crippen molar-refractivity contribution in [2.24, 2.45) is 5.92 Å². The molecule has 2 unspecified atom stereocenters. The summed E-state index contributed by atoms with van der Waals surface area (Å²) in [6, 6.07) is 3.91. The normalized spacial score (nSPS) is 24.4. The molecule has 16 heavy (non-hydrogen) atoms. The van der Waals surface area contributed by atoms with Crippen molar-refractivity contribution in [3.63, 3.8) is 0 Å². The molecule has 0 radical (unpaired) electrons. The predicted molar refractivity (Wildman–Crippen MR) is 60.5 cm³/mol. The largest absolute Gasteiger partial charge is 0.481 e. The molecule has 88 valence electrons. The summed E-state index contributed by atoms with van der Waals surface area (Å²) < 4.78 is 5.78. The van der Waals surface area contributed by atoms with E-state index in [1.54, 1.807) is 0 Å². The van der Waals surface area contributed by atoms with Crippen molar-refractivity contribution in [1.29, 1.82) is 0 Å². The molecular weight excluding hydrogens is 204 g/mol. The van der Waals surface area contributed by atoms with Gasteiger partial charge in [-0.3, -0.25) is 4.79 Å². The lowest BCUT2D eigenvalue weighted by Crippen LogP contribution is -2.20. The van der Waals surface area contributed by atoms with E-state index in [0.29, 0.717) is 11.8 Å². The van der Waals surface area contributed by atoms with Gasteiger partial charge < -0.3 is 9.52 Å². The molecule has 2 rings (SSSR count). The van der Waals surface area contributed by atoms with Gasteiger partial charge in [0.25, 0.3) is 0 Å². The van der Waals surface area contributed by atoms with Crippen molar-refractivity contribution < 1.29 is 14.3 Å². The predicted octanol–water partition coefficient (Wildman–Crippen LogP) is 3.16. The molecule has 1 heterocycles. The lowest BCUT2D eigenvalue weighted by molar-refractivity contribution is -0.138. The molecule has 0 aromatic carbocycles. The fourth-order valence-corrected chi connectivity index (χ4v) is 2.10. The van der Waals surface area contributed by atoms with Crippen molar-refractivity contribution in [3.05, 3.63) is 23.7 Å². The molecule has 0 aliphatic heterocycles. The van der Waals surface area contributed by atoms with Gasteiger partial charge in [0.05, 0.1) is 6.42 Å². The number of carboxylic acids is 1. The molecular formula is C13H18O3. The summed E-state index contributed by atoms with van der Waals surface area (Å²) >= 11 is 0. The SMILES string of the molecule is CC1CC1c1ccc(C(C)(C)CC(=O)O)o1. The number of rotatable bonds is 4. The highest BCUT2D eigenvalue weighted by atomic mass is 16.4. The zero-order valence-corrected chi connectivity index (χ0v) is 9.99. The Morgan fingerprint density at radius 1 is 1.56 bits per heavy atom. The molecule has 1 saturated carbocycles. The van der Waals surface area contributed by atoms with Crippen LogP contribution in [0.1, 0.15) is 51.1 Å². The van der Waals surface area contributed by atoms with Crippen LogP contribution in [0, 0.1) is 5.92 Å². The van der Waals surface area contributed by atoms with Crippen LogP contribution in [-0.2, 0) is 10.2 Å². The molecule has 3 nitrogen and oxygen atoms in total. The van der Waals surface area contributed by atoms with E-state index in [9.17, 15) is 4.79 Å². The third kappa shape index (κ3) is 2.13. The van der Waals surface area contributed by atoms with E-state index in [4.69, 9.17) is 9.52 Å². The van der Waals surface area contributed by atoms with Crippen molar-refractivity contribution in [2.75, 3.05) is 0 Å². The molecule has 1 N–H and O–H groups in total. The molecule has 0 spiro atoms. The monoisotopic (exact) mass is 222 g/mol. The van der Waals surface area contributed by atoms with E-state index in [2.05, 4.69) is 6.92 Å². The van der Waals surface area contributed by atoms with E-state index < -0.39 is 11.4 Å². The number of furan rings is 1. The number of carboxylic acid groups (broad SMARTS) is 1. The van der Waals surface area contributed by atoms with Gasteiger partial charge in [-0.15, -0.1) is 0 Å². The van der Waals surface area contributed by atoms with Gasteiger partial charge in [-0.1, -0.05) is 20.8 Å². The molecule has 2 atom stereocenters. The first-order valence-electron chi connectivity index (χ1n) is 5.72. The Hall–Kier alpha value is -1.25. The molecule has 0 amide bonds. The van der Waals surface area contributed by atoms with Crippen LogP contribution in [0.4, 0.5) is 0 Å². The first-order chi connectivity index (χ1) is 7.40. The van der Waals surface area contributed by atoms with Crippen LogP contribution in [0.3, 0.4) is 0 Å². The summed E-state index contributed by atoms with van der Waals surface area (Å²) in [6.07, 6.45) is 1.28. The van der Waals surface area contributed by atoms with Crippen molar-refractivity contribution in [2.45, 2.75) is 44.9 Å². The average Bonchev–Trinajstić information content (AvgIpc) is 2.69. The van der Waals surface area contributed by atoms with Gasteiger partial charge in [0.15, 0.2) is 0 Å². The maximum atomic E-state index is 10.8. The van der Waals surface area contributed by atoms with Gasteiger partial charge in [-0.25, -0.2) is 0 Å². The van der Waals surface area contributed by atoms with Crippen LogP contribution in [0.15, 0.2) is 16.5 Å². The van der Waals surface area contributed by atoms with Crippen molar-refractivity contribution in [1.82, 2.24) is 0 Å². The molecule has 1 aliphatic rings. The van der Waals surface area contributed by atoms with E-state index in [1.807, 2.05) is 26.0 Å². The summed E-state index contributed by atoms with van der Waals surface area (Å²) in [4.78, 5) is 10.8. The van der Waals surface area contributed by atoms with Crippen LogP contribution in [0.25, 0.3) is 0 Å². The second-order valence-corrected chi connectivity index (χ2v) is 5.48. The van der Waals surface area contributed by atoms with Crippen LogP contribution in [0.2, 0.25) is 0 Å². The number of hydrogen-bond acceptors (Lipinski definition) is 2. The van der Waals surface area contributed by atoms with Gasteiger partial charge in [0, 0.05) is 11.3 Å². The van der Waals surface area contributed by atoms with Gasteiger partial charge in [0.1, 0.15) is 11.5 Å². The lowest BCUT2D eigenvalue weighted by atomic mass is 9.87. The summed E-state index contributed by atoms with van der Waals surface area (Å²) in [5.74, 6) is 2.27. The Morgan fingerprint density at radius 2 is 2.19 bits per heavy atom. The fraction of sp³-hybridized carbons (Fsp3) is 0.615. The topological polar surface area (TPSA) is 50.4 Å². The zero-order valence-electron chi connectivity index (χ0n) is 9.99. The lowest BCUT2D eigenvalue weighted by Gasteiger charge is -2.19. The van der Waals surface area contributed by atoms with Gasteiger partial charge in [-0.05, 0) is 24.5 Å². The van der Waals surface area contributed by atoms with Crippen molar-refractivity contribution in [3.8, 4) is 0 Å². The van der Waals surface area contributed by atoms with Crippen LogP contribution in [0.5, 0.6) is 0 Å². The van der Waals surface area contributed by atoms with Crippen molar-refractivity contribution >= 4 is 5.97 Å². The Balaban J connectivity index is 2.14. The Morgan fingerprint density at radius 3 is 2.69 bits per heavy atom. The standard InChI is InChI=1S/C13H18O3/c1-8-6-9(8)10-4-5-11(16-10)13(2,3)7-12(14)15/h4-5,8-9H,6-7H2,1-3H3,(H,14,15). The molecule has 3 heteroatoms. The van der Waals surface area contributed by atoms with E-state index >= 15 is 0 Å². The molecule has 1 aliphatic carbocycles. The summed E-state index contributed by atoms with van der Waals surface area (Å²) in [7, 11) is 0. The smallest absolute Gasteiger partial charge is 0.304 e. The Labute approximate surface area is 95.5 Å². The maximum absolute atomic E-state index is 10.8. The van der Waals surface area contributed by atoms with Crippen LogP contribution in [-0.4, -0.2) is 11.1 Å². The highest BCUT2D eigenvalue weighted by molar-refractivity contribution is 5.68. The quantitative estimate of drug-likeness (QED) is 0.851. The second kappa shape index (κ2) is 3.65. The maximum Gasteiger partial charge on any atom is 0.304 e. The number of carbonyl (C=O) groups is 1. The van der Waals surface area contributed by atoms with E-state index in [1.165, 1.54) is 6.42 Å².